The van der Waals surface area contributed by atoms with Gasteiger partial charge in [-0.2, -0.15) is 5.26 Å². The summed E-state index contributed by atoms with van der Waals surface area (Å²) in [6.45, 7) is 5.31. The molecule has 1 rings (SSSR count). The first-order chi connectivity index (χ1) is 10.5. The number of carbonyl (C=O) groups is 1. The predicted octanol–water partition coefficient (Wildman–Crippen LogP) is 2.96. The van der Waals surface area contributed by atoms with E-state index in [2.05, 4.69) is 11.4 Å². The molecule has 5 nitrogen and oxygen atoms in total. The minimum atomic E-state index is -0.776. The number of carboxylic acids is 1. The van der Waals surface area contributed by atoms with Crippen molar-refractivity contribution in [2.75, 3.05) is 13.2 Å². The van der Waals surface area contributed by atoms with Gasteiger partial charge in [-0.25, -0.2) is 0 Å². The van der Waals surface area contributed by atoms with E-state index in [1.165, 1.54) is 0 Å². The van der Waals surface area contributed by atoms with Crippen molar-refractivity contribution in [3.8, 4) is 11.8 Å². The van der Waals surface area contributed by atoms with Gasteiger partial charge in [0, 0.05) is 13.0 Å². The zero-order valence-corrected chi connectivity index (χ0v) is 13.3. The number of ether oxygens (including phenoxy) is 1. The zero-order chi connectivity index (χ0) is 16.4. The number of aliphatic carboxylic acids is 1. The maximum absolute atomic E-state index is 11.0. The Balaban J connectivity index is 2.34. The first kappa shape index (κ1) is 18.0. The van der Waals surface area contributed by atoms with Gasteiger partial charge in [-0.1, -0.05) is 12.1 Å². The van der Waals surface area contributed by atoms with E-state index in [1.807, 2.05) is 24.3 Å². The van der Waals surface area contributed by atoms with Gasteiger partial charge in [-0.15, -0.1) is 0 Å². The number of unbranched alkanes of at least 4 members (excludes halogenated alkanes) is 1. The summed E-state index contributed by atoms with van der Waals surface area (Å²) in [7, 11) is 0. The Bertz CT molecular complexity index is 521. The van der Waals surface area contributed by atoms with Gasteiger partial charge in [0.05, 0.1) is 18.1 Å². The highest BCUT2D eigenvalue weighted by Gasteiger charge is 2.25. The summed E-state index contributed by atoms with van der Waals surface area (Å²) in [6, 6.07) is 9.87. The molecule has 0 heterocycles. The van der Waals surface area contributed by atoms with Gasteiger partial charge in [0.25, 0.3) is 0 Å². The van der Waals surface area contributed by atoms with Gasteiger partial charge in [0.1, 0.15) is 5.75 Å². The smallest absolute Gasteiger partial charge is 0.309 e. The molecule has 0 atom stereocenters. The van der Waals surface area contributed by atoms with E-state index in [0.717, 1.165) is 17.7 Å². The van der Waals surface area contributed by atoms with Crippen LogP contribution in [0.4, 0.5) is 0 Å². The molecule has 0 radical (unpaired) electrons. The maximum atomic E-state index is 11.0. The normalized spacial score (nSPS) is 11.0. The van der Waals surface area contributed by atoms with Gasteiger partial charge < -0.3 is 15.2 Å². The Morgan fingerprint density at radius 1 is 1.45 bits per heavy atom. The van der Waals surface area contributed by atoms with Crippen LogP contribution in [0.25, 0.3) is 0 Å². The summed E-state index contributed by atoms with van der Waals surface area (Å²) < 4.78 is 5.58. The Hall–Kier alpha value is -2.06. The molecule has 5 heteroatoms. The van der Waals surface area contributed by atoms with E-state index in [0.29, 0.717) is 32.5 Å². The van der Waals surface area contributed by atoms with Gasteiger partial charge in [-0.3, -0.25) is 4.79 Å². The highest BCUT2D eigenvalue weighted by atomic mass is 16.5. The topological polar surface area (TPSA) is 82.3 Å². The lowest BCUT2D eigenvalue weighted by Gasteiger charge is -2.19. The van der Waals surface area contributed by atoms with Crippen molar-refractivity contribution in [2.45, 2.75) is 39.7 Å². The van der Waals surface area contributed by atoms with Crippen LogP contribution in [-0.4, -0.2) is 24.2 Å². The van der Waals surface area contributed by atoms with Crippen LogP contribution >= 0.6 is 0 Å². The van der Waals surface area contributed by atoms with Crippen LogP contribution in [0.1, 0.15) is 38.7 Å². The lowest BCUT2D eigenvalue weighted by atomic mass is 9.90. The van der Waals surface area contributed by atoms with Crippen molar-refractivity contribution < 1.29 is 14.6 Å². The summed E-state index contributed by atoms with van der Waals surface area (Å²) in [6.07, 6.45) is 1.80. The third-order valence-electron chi connectivity index (χ3n) is 3.43. The number of nitrogens with zero attached hydrogens (tertiary/aromatic N) is 1. The van der Waals surface area contributed by atoms with Crippen LogP contribution in [-0.2, 0) is 11.3 Å². The van der Waals surface area contributed by atoms with Crippen molar-refractivity contribution in [1.82, 2.24) is 5.32 Å². The second-order valence-electron chi connectivity index (χ2n) is 5.87. The highest BCUT2D eigenvalue weighted by molar-refractivity contribution is 5.73. The Morgan fingerprint density at radius 3 is 2.91 bits per heavy atom. The van der Waals surface area contributed by atoms with Crippen LogP contribution in [0.15, 0.2) is 24.3 Å². The fourth-order valence-corrected chi connectivity index (χ4v) is 1.83. The number of benzene rings is 1. The Morgan fingerprint density at radius 2 is 2.23 bits per heavy atom. The molecule has 0 unspecified atom stereocenters. The lowest BCUT2D eigenvalue weighted by Crippen LogP contribution is -2.28. The fourth-order valence-electron chi connectivity index (χ4n) is 1.83. The summed E-state index contributed by atoms with van der Waals surface area (Å²) in [5, 5.41) is 20.8. The van der Waals surface area contributed by atoms with E-state index in [9.17, 15) is 4.79 Å². The Kier molecular flexibility index (Phi) is 7.41. The molecule has 1 aromatic rings. The van der Waals surface area contributed by atoms with Crippen LogP contribution < -0.4 is 10.1 Å². The first-order valence-electron chi connectivity index (χ1n) is 7.48. The molecule has 0 aliphatic carbocycles. The molecule has 0 aliphatic rings. The lowest BCUT2D eigenvalue weighted by molar-refractivity contribution is -0.147. The van der Waals surface area contributed by atoms with Crippen LogP contribution in [0, 0.1) is 16.7 Å². The molecule has 0 aliphatic heterocycles. The van der Waals surface area contributed by atoms with Gasteiger partial charge in [-0.05, 0) is 50.9 Å². The molecular formula is C17H24N2O3. The summed E-state index contributed by atoms with van der Waals surface area (Å²) in [4.78, 5) is 11.0. The molecular weight excluding hydrogens is 280 g/mol. The average Bonchev–Trinajstić information content (AvgIpc) is 2.48. The Labute approximate surface area is 131 Å². The van der Waals surface area contributed by atoms with E-state index in [4.69, 9.17) is 15.1 Å². The van der Waals surface area contributed by atoms with E-state index < -0.39 is 11.4 Å². The molecule has 22 heavy (non-hydrogen) atoms. The molecule has 0 bridgehead atoms. The van der Waals surface area contributed by atoms with Crippen LogP contribution in [0.2, 0.25) is 0 Å². The average molecular weight is 304 g/mol. The molecule has 0 saturated carbocycles. The number of nitriles is 1. The molecule has 1 aromatic carbocycles. The summed E-state index contributed by atoms with van der Waals surface area (Å²) in [5.74, 6) is 0.0187. The molecule has 0 spiro atoms. The predicted molar refractivity (Wildman–Crippen MR) is 84.5 cm³/mol. The zero-order valence-electron chi connectivity index (χ0n) is 13.3. The van der Waals surface area contributed by atoms with Crippen molar-refractivity contribution in [3.63, 3.8) is 0 Å². The quantitative estimate of drug-likeness (QED) is 0.649. The van der Waals surface area contributed by atoms with Gasteiger partial charge in [0.15, 0.2) is 0 Å². The molecule has 0 amide bonds. The van der Waals surface area contributed by atoms with Crippen LogP contribution in [0.3, 0.4) is 0 Å². The SMILES string of the molecule is CC(C)(CCNCc1cccc(OCCCC#N)c1)C(=O)O. The van der Waals surface area contributed by atoms with Crippen molar-refractivity contribution in [2.24, 2.45) is 5.41 Å². The number of nitrogens with one attached hydrogen (secondary N) is 1. The van der Waals surface area contributed by atoms with Crippen molar-refractivity contribution in [1.29, 1.82) is 5.26 Å². The molecule has 2 N–H and O–H groups in total. The van der Waals surface area contributed by atoms with Gasteiger partial charge >= 0.3 is 5.97 Å². The second kappa shape index (κ2) is 9.06. The standard InChI is InChI=1S/C17H24N2O3/c1-17(2,16(20)21)8-10-19-13-14-6-5-7-15(12-14)22-11-4-3-9-18/h5-7,12,19H,3-4,8,10-11,13H2,1-2H3,(H,20,21). The number of rotatable bonds is 10. The number of hydrogen-bond acceptors (Lipinski definition) is 4. The molecule has 0 saturated heterocycles. The largest absolute Gasteiger partial charge is 0.494 e. The monoisotopic (exact) mass is 304 g/mol. The molecule has 0 aromatic heterocycles. The third kappa shape index (κ3) is 6.59. The first-order valence-corrected chi connectivity index (χ1v) is 7.48. The third-order valence-corrected chi connectivity index (χ3v) is 3.43. The minimum absolute atomic E-state index is 0.501. The van der Waals surface area contributed by atoms with E-state index in [-0.39, 0.29) is 0 Å². The maximum Gasteiger partial charge on any atom is 0.309 e. The fraction of sp³-hybridized carbons (Fsp3) is 0.529. The second-order valence-corrected chi connectivity index (χ2v) is 5.87. The van der Waals surface area contributed by atoms with Crippen molar-refractivity contribution >= 4 is 5.97 Å². The summed E-state index contributed by atoms with van der Waals surface area (Å²) >= 11 is 0. The molecule has 0 fully saturated rings. The highest BCUT2D eigenvalue weighted by Crippen LogP contribution is 2.19. The van der Waals surface area contributed by atoms with Crippen molar-refractivity contribution in [3.05, 3.63) is 29.8 Å². The van der Waals surface area contributed by atoms with Gasteiger partial charge in [0.2, 0.25) is 0 Å². The molecule has 120 valence electrons. The summed E-state index contributed by atoms with van der Waals surface area (Å²) in [5.41, 5.74) is 0.379. The number of carboxylic acid groups (broad SMARTS) is 1. The minimum Gasteiger partial charge on any atom is -0.494 e. The van der Waals surface area contributed by atoms with E-state index in [1.54, 1.807) is 13.8 Å². The van der Waals surface area contributed by atoms with E-state index >= 15 is 0 Å². The van der Waals surface area contributed by atoms with Crippen LogP contribution in [0.5, 0.6) is 5.75 Å². The number of hydrogen-bond donors (Lipinski definition) is 2.